The molecule has 0 fully saturated rings. The molecule has 0 radical (unpaired) electrons. The van der Waals surface area contributed by atoms with Crippen LogP contribution in [0.4, 0.5) is 0 Å². The standard InChI is InChI=1S/C5H11N3O2S/c1-10-4(9)2-3-7-5(11)8-6/h2-3,6H2,1H3,(H2,7,8,11). The van der Waals surface area contributed by atoms with Gasteiger partial charge < -0.3 is 15.5 Å². The summed E-state index contributed by atoms with van der Waals surface area (Å²) in [6.45, 7) is 0.426. The molecule has 0 unspecified atom stereocenters. The summed E-state index contributed by atoms with van der Waals surface area (Å²) in [4.78, 5) is 10.5. The Balaban J connectivity index is 3.27. The molecule has 0 aromatic rings. The van der Waals surface area contributed by atoms with Crippen LogP contribution in [-0.4, -0.2) is 24.7 Å². The number of thiocarbonyl (C=S) groups is 1. The maximum atomic E-state index is 10.5. The van der Waals surface area contributed by atoms with Crippen molar-refractivity contribution >= 4 is 23.3 Å². The number of nitrogens with one attached hydrogen (secondary N) is 2. The first-order valence-corrected chi connectivity index (χ1v) is 3.42. The third-order valence-electron chi connectivity index (χ3n) is 0.973. The molecule has 0 aromatic heterocycles. The molecule has 0 saturated carbocycles. The quantitative estimate of drug-likeness (QED) is 0.219. The maximum Gasteiger partial charge on any atom is 0.307 e. The Labute approximate surface area is 70.2 Å². The molecular formula is C5H11N3O2S. The molecule has 0 aromatic carbocycles. The van der Waals surface area contributed by atoms with E-state index in [1.54, 1.807) is 0 Å². The van der Waals surface area contributed by atoms with Gasteiger partial charge in [-0.25, -0.2) is 5.84 Å². The van der Waals surface area contributed by atoms with Crippen LogP contribution in [0.15, 0.2) is 0 Å². The second-order valence-corrected chi connectivity index (χ2v) is 2.13. The van der Waals surface area contributed by atoms with Gasteiger partial charge in [0, 0.05) is 6.54 Å². The number of carbonyl (C=O) groups excluding carboxylic acids is 1. The van der Waals surface area contributed by atoms with Gasteiger partial charge in [-0.3, -0.25) is 4.79 Å². The largest absolute Gasteiger partial charge is 0.469 e. The third kappa shape index (κ3) is 5.56. The van der Waals surface area contributed by atoms with Crippen LogP contribution >= 0.6 is 12.2 Å². The van der Waals surface area contributed by atoms with E-state index in [2.05, 4.69) is 27.7 Å². The molecule has 0 spiro atoms. The number of hydrogen-bond donors (Lipinski definition) is 3. The van der Waals surface area contributed by atoms with E-state index >= 15 is 0 Å². The smallest absolute Gasteiger partial charge is 0.307 e. The van der Waals surface area contributed by atoms with Crippen molar-refractivity contribution in [2.24, 2.45) is 5.84 Å². The van der Waals surface area contributed by atoms with Gasteiger partial charge in [-0.1, -0.05) is 0 Å². The molecule has 0 aliphatic heterocycles. The minimum atomic E-state index is -0.280. The maximum absolute atomic E-state index is 10.5. The van der Waals surface area contributed by atoms with Crippen molar-refractivity contribution < 1.29 is 9.53 Å². The normalized spacial score (nSPS) is 8.55. The number of nitrogens with two attached hydrogens (primary N) is 1. The van der Waals surface area contributed by atoms with E-state index in [-0.39, 0.29) is 12.4 Å². The molecule has 0 aliphatic rings. The summed E-state index contributed by atoms with van der Waals surface area (Å²) in [6, 6.07) is 0. The van der Waals surface area contributed by atoms with Gasteiger partial charge in [0.1, 0.15) is 0 Å². The van der Waals surface area contributed by atoms with E-state index in [1.165, 1.54) is 7.11 Å². The van der Waals surface area contributed by atoms with Gasteiger partial charge in [0.2, 0.25) is 0 Å². The lowest BCUT2D eigenvalue weighted by Gasteiger charge is -2.04. The average Bonchev–Trinajstić information content (AvgIpc) is 2.04. The summed E-state index contributed by atoms with van der Waals surface area (Å²) in [5.74, 6) is 4.67. The van der Waals surface area contributed by atoms with E-state index in [0.29, 0.717) is 11.7 Å². The number of carbonyl (C=O) groups is 1. The molecular weight excluding hydrogens is 166 g/mol. The first-order chi connectivity index (χ1) is 5.20. The molecule has 0 atom stereocenters. The highest BCUT2D eigenvalue weighted by Gasteiger charge is 1.98. The van der Waals surface area contributed by atoms with Crippen LogP contribution in [0, 0.1) is 0 Å². The average molecular weight is 177 g/mol. The Morgan fingerprint density at radius 1 is 1.73 bits per heavy atom. The minimum Gasteiger partial charge on any atom is -0.469 e. The fourth-order valence-corrected chi connectivity index (χ4v) is 0.533. The topological polar surface area (TPSA) is 76.4 Å². The summed E-state index contributed by atoms with van der Waals surface area (Å²) in [5, 5.41) is 3.01. The van der Waals surface area contributed by atoms with E-state index in [0.717, 1.165) is 0 Å². The molecule has 0 rings (SSSR count). The van der Waals surface area contributed by atoms with Crippen LogP contribution in [0.25, 0.3) is 0 Å². The third-order valence-corrected chi connectivity index (χ3v) is 1.24. The molecule has 4 N–H and O–H groups in total. The summed E-state index contributed by atoms with van der Waals surface area (Å²) >= 11 is 4.64. The van der Waals surface area contributed by atoms with Crippen molar-refractivity contribution in [1.82, 2.24) is 10.7 Å². The highest BCUT2D eigenvalue weighted by molar-refractivity contribution is 7.80. The van der Waals surface area contributed by atoms with Crippen molar-refractivity contribution in [3.05, 3.63) is 0 Å². The number of rotatable bonds is 3. The van der Waals surface area contributed by atoms with Crippen molar-refractivity contribution in [1.29, 1.82) is 0 Å². The predicted octanol–water partition coefficient (Wildman–Crippen LogP) is -1.11. The van der Waals surface area contributed by atoms with Crippen LogP contribution in [0.3, 0.4) is 0 Å². The summed E-state index contributed by atoms with van der Waals surface area (Å²) < 4.78 is 4.39. The zero-order valence-corrected chi connectivity index (χ0v) is 7.03. The first kappa shape index (κ1) is 10.1. The molecule has 5 nitrogen and oxygen atoms in total. The fraction of sp³-hybridized carbons (Fsp3) is 0.600. The van der Waals surface area contributed by atoms with Gasteiger partial charge >= 0.3 is 5.97 Å². The highest BCUT2D eigenvalue weighted by Crippen LogP contribution is 1.80. The van der Waals surface area contributed by atoms with E-state index in [1.807, 2.05) is 0 Å². The van der Waals surface area contributed by atoms with E-state index in [4.69, 9.17) is 5.84 Å². The zero-order chi connectivity index (χ0) is 8.69. The molecule has 0 bridgehead atoms. The lowest BCUT2D eigenvalue weighted by molar-refractivity contribution is -0.140. The number of esters is 1. The monoisotopic (exact) mass is 177 g/mol. The van der Waals surface area contributed by atoms with Crippen molar-refractivity contribution in [2.45, 2.75) is 6.42 Å². The molecule has 0 amide bonds. The SMILES string of the molecule is COC(=O)CCNC(=S)NN. The van der Waals surface area contributed by atoms with Gasteiger partial charge in [0.15, 0.2) is 5.11 Å². The fourth-order valence-electron chi connectivity index (χ4n) is 0.431. The van der Waals surface area contributed by atoms with Gasteiger partial charge in [-0.2, -0.15) is 0 Å². The molecule has 0 saturated heterocycles. The Morgan fingerprint density at radius 3 is 2.82 bits per heavy atom. The Bertz CT molecular complexity index is 135. The van der Waals surface area contributed by atoms with Crippen LogP contribution in [0.2, 0.25) is 0 Å². The number of ether oxygens (including phenoxy) is 1. The molecule has 11 heavy (non-hydrogen) atoms. The van der Waals surface area contributed by atoms with Gasteiger partial charge in [-0.15, -0.1) is 0 Å². The van der Waals surface area contributed by atoms with Gasteiger partial charge in [0.05, 0.1) is 13.5 Å². The first-order valence-electron chi connectivity index (χ1n) is 3.02. The number of hydrazine groups is 1. The summed E-state index contributed by atoms with van der Waals surface area (Å²) in [5.41, 5.74) is 2.22. The lowest BCUT2D eigenvalue weighted by atomic mass is 10.4. The second-order valence-electron chi connectivity index (χ2n) is 1.73. The Morgan fingerprint density at radius 2 is 2.36 bits per heavy atom. The van der Waals surface area contributed by atoms with Crippen LogP contribution in [0.5, 0.6) is 0 Å². The second kappa shape index (κ2) is 5.87. The molecule has 6 heteroatoms. The van der Waals surface area contributed by atoms with Crippen molar-refractivity contribution in [3.63, 3.8) is 0 Å². The predicted molar refractivity (Wildman–Crippen MR) is 44.6 cm³/mol. The summed E-state index contributed by atoms with van der Waals surface area (Å²) in [6.07, 6.45) is 0.276. The molecule has 0 heterocycles. The molecule has 0 aliphatic carbocycles. The van der Waals surface area contributed by atoms with Crippen molar-refractivity contribution in [3.8, 4) is 0 Å². The summed E-state index contributed by atoms with van der Waals surface area (Å²) in [7, 11) is 1.34. The zero-order valence-electron chi connectivity index (χ0n) is 6.22. The number of methoxy groups -OCH3 is 1. The van der Waals surface area contributed by atoms with Crippen LogP contribution < -0.4 is 16.6 Å². The molecule has 64 valence electrons. The van der Waals surface area contributed by atoms with Gasteiger partial charge in [-0.05, 0) is 12.2 Å². The van der Waals surface area contributed by atoms with E-state index in [9.17, 15) is 4.79 Å². The lowest BCUT2D eigenvalue weighted by Crippen LogP contribution is -2.40. The van der Waals surface area contributed by atoms with Crippen molar-refractivity contribution in [2.75, 3.05) is 13.7 Å². The Kier molecular flexibility index (Phi) is 5.40. The highest BCUT2D eigenvalue weighted by atomic mass is 32.1. The van der Waals surface area contributed by atoms with Crippen LogP contribution in [0.1, 0.15) is 6.42 Å². The van der Waals surface area contributed by atoms with Crippen LogP contribution in [-0.2, 0) is 9.53 Å². The minimum absolute atomic E-state index is 0.276. The van der Waals surface area contributed by atoms with E-state index < -0.39 is 0 Å². The number of hydrogen-bond acceptors (Lipinski definition) is 4. The Hall–Kier alpha value is -0.880. The van der Waals surface area contributed by atoms with Gasteiger partial charge in [0.25, 0.3) is 0 Å².